The van der Waals surface area contributed by atoms with Gasteiger partial charge in [0.1, 0.15) is 0 Å². The quantitative estimate of drug-likeness (QED) is 0.624. The molecule has 0 amide bonds. The minimum absolute atomic E-state index is 0.698. The summed E-state index contributed by atoms with van der Waals surface area (Å²) >= 11 is 1.32. The fraction of sp³-hybridized carbons (Fsp3) is 0.167. The Kier molecular flexibility index (Phi) is 2.33. The van der Waals surface area contributed by atoms with Crippen LogP contribution in [0, 0.1) is 0 Å². The first-order chi connectivity index (χ1) is 4.33. The van der Waals surface area contributed by atoms with Gasteiger partial charge >= 0.3 is 67.1 Å². The molecular weight excluding hydrogens is 221 g/mol. The van der Waals surface area contributed by atoms with E-state index in [4.69, 9.17) is 4.74 Å². The fourth-order valence-electron chi connectivity index (χ4n) is 0.529. The summed E-state index contributed by atoms with van der Waals surface area (Å²) in [6.45, 7) is 0. The zero-order valence-electron chi connectivity index (χ0n) is 5.09. The molecule has 1 rings (SSSR count). The second-order valence-electron chi connectivity index (χ2n) is 1.57. The Hall–Kier alpha value is -0.251. The normalized spacial score (nSPS) is 9.11. The van der Waals surface area contributed by atoms with Crippen LogP contribution in [0.3, 0.4) is 0 Å². The van der Waals surface area contributed by atoms with Crippen molar-refractivity contribution in [3.8, 4) is 5.88 Å². The van der Waals surface area contributed by atoms with Gasteiger partial charge in [0.15, 0.2) is 0 Å². The first-order valence-electron chi connectivity index (χ1n) is 2.55. The van der Waals surface area contributed by atoms with E-state index in [2.05, 4.69) is 4.98 Å². The van der Waals surface area contributed by atoms with Crippen LogP contribution in [-0.4, -0.2) is 34.6 Å². The molecule has 1 aromatic heterocycles. The van der Waals surface area contributed by atoms with Crippen molar-refractivity contribution >= 4 is 26.2 Å². The van der Waals surface area contributed by atoms with E-state index in [0.29, 0.717) is 5.88 Å². The molecule has 0 N–H and O–H groups in total. The SMILES string of the molecule is COc1ccc[c]([Sn])n1. The second-order valence-corrected chi connectivity index (χ2v) is 3.03. The number of methoxy groups -OCH3 is 1. The number of ether oxygens (including phenoxy) is 1. The number of hydrogen-bond acceptors (Lipinski definition) is 2. The molecule has 0 aliphatic heterocycles. The van der Waals surface area contributed by atoms with Gasteiger partial charge in [-0.3, -0.25) is 0 Å². The minimum atomic E-state index is 0.698. The van der Waals surface area contributed by atoms with Gasteiger partial charge in [-0.25, -0.2) is 0 Å². The summed E-state index contributed by atoms with van der Waals surface area (Å²) in [5, 5.41) is 0. The van der Waals surface area contributed by atoms with Crippen molar-refractivity contribution < 1.29 is 4.74 Å². The molecule has 0 aliphatic rings. The molecule has 0 aromatic carbocycles. The Morgan fingerprint density at radius 2 is 2.33 bits per heavy atom. The molecule has 0 bridgehead atoms. The predicted molar refractivity (Wildman–Crippen MR) is 36.2 cm³/mol. The fourth-order valence-corrected chi connectivity index (χ4v) is 1.12. The molecule has 0 saturated heterocycles. The molecule has 0 spiro atoms. The van der Waals surface area contributed by atoms with Crippen molar-refractivity contribution in [2.24, 2.45) is 0 Å². The van der Waals surface area contributed by atoms with Crippen molar-refractivity contribution in [3.05, 3.63) is 18.2 Å². The van der Waals surface area contributed by atoms with Gasteiger partial charge in [-0.1, -0.05) is 0 Å². The molecule has 45 valence electrons. The molecular formula is C6H6NOSn. The van der Waals surface area contributed by atoms with E-state index in [-0.39, 0.29) is 0 Å². The van der Waals surface area contributed by atoms with Gasteiger partial charge < -0.3 is 0 Å². The summed E-state index contributed by atoms with van der Waals surface area (Å²) in [5.74, 6) is 0.698. The van der Waals surface area contributed by atoms with E-state index in [1.165, 1.54) is 22.5 Å². The molecule has 3 heteroatoms. The van der Waals surface area contributed by atoms with Gasteiger partial charge in [0.25, 0.3) is 0 Å². The van der Waals surface area contributed by atoms with E-state index in [9.17, 15) is 0 Å². The molecule has 0 saturated carbocycles. The third kappa shape index (κ3) is 1.86. The third-order valence-corrected chi connectivity index (χ3v) is 1.73. The molecule has 0 atom stereocenters. The van der Waals surface area contributed by atoms with Crippen LogP contribution in [0.4, 0.5) is 0 Å². The number of hydrogen-bond donors (Lipinski definition) is 0. The number of rotatable bonds is 1. The van der Waals surface area contributed by atoms with Crippen LogP contribution in [0.5, 0.6) is 5.88 Å². The Morgan fingerprint density at radius 1 is 1.56 bits per heavy atom. The van der Waals surface area contributed by atoms with Crippen molar-refractivity contribution in [1.82, 2.24) is 4.98 Å². The maximum absolute atomic E-state index is 4.90. The number of aromatic nitrogens is 1. The average Bonchev–Trinajstić information content (AvgIpc) is 1.88. The van der Waals surface area contributed by atoms with Crippen molar-refractivity contribution in [2.75, 3.05) is 7.11 Å². The standard InChI is InChI=1S/C6H6NO.Sn/c1-8-6-4-2-3-5-7-6;/h2-4H,1H3;. The van der Waals surface area contributed by atoms with E-state index in [1.807, 2.05) is 18.2 Å². The van der Waals surface area contributed by atoms with E-state index in [1.54, 1.807) is 7.11 Å². The van der Waals surface area contributed by atoms with Gasteiger partial charge in [-0.15, -0.1) is 0 Å². The third-order valence-electron chi connectivity index (χ3n) is 0.933. The van der Waals surface area contributed by atoms with Crippen LogP contribution in [0.25, 0.3) is 0 Å². The van der Waals surface area contributed by atoms with Gasteiger partial charge in [0.05, 0.1) is 0 Å². The Balaban J connectivity index is 2.94. The topological polar surface area (TPSA) is 22.1 Å². The zero-order valence-corrected chi connectivity index (χ0v) is 7.94. The van der Waals surface area contributed by atoms with Crippen LogP contribution in [0.1, 0.15) is 0 Å². The summed E-state index contributed by atoms with van der Waals surface area (Å²) in [6, 6.07) is 5.75. The summed E-state index contributed by atoms with van der Waals surface area (Å²) in [6.07, 6.45) is 0. The van der Waals surface area contributed by atoms with Crippen molar-refractivity contribution in [3.63, 3.8) is 0 Å². The van der Waals surface area contributed by atoms with Crippen LogP contribution in [-0.2, 0) is 0 Å². The van der Waals surface area contributed by atoms with Gasteiger partial charge in [0, 0.05) is 0 Å². The zero-order chi connectivity index (χ0) is 6.69. The van der Waals surface area contributed by atoms with E-state index >= 15 is 0 Å². The van der Waals surface area contributed by atoms with Crippen molar-refractivity contribution in [2.45, 2.75) is 0 Å². The molecule has 9 heavy (non-hydrogen) atoms. The Labute approximate surface area is 67.3 Å². The summed E-state index contributed by atoms with van der Waals surface area (Å²) < 4.78 is 5.97. The molecule has 3 radical (unpaired) electrons. The molecule has 0 aliphatic carbocycles. The first-order valence-corrected chi connectivity index (χ1v) is 3.98. The first kappa shape index (κ1) is 6.86. The van der Waals surface area contributed by atoms with Gasteiger partial charge in [-0.05, 0) is 0 Å². The summed E-state index contributed by atoms with van der Waals surface area (Å²) in [4.78, 5) is 4.11. The molecule has 2 nitrogen and oxygen atoms in total. The average molecular weight is 227 g/mol. The van der Waals surface area contributed by atoms with E-state index in [0.717, 1.165) is 3.71 Å². The monoisotopic (exact) mass is 228 g/mol. The number of pyridine rings is 1. The Morgan fingerprint density at radius 3 is 2.78 bits per heavy atom. The second kappa shape index (κ2) is 3.05. The van der Waals surface area contributed by atoms with Gasteiger partial charge in [0.2, 0.25) is 0 Å². The Bertz CT molecular complexity index is 202. The van der Waals surface area contributed by atoms with Crippen LogP contribution in [0.2, 0.25) is 0 Å². The molecule has 0 unspecified atom stereocenters. The van der Waals surface area contributed by atoms with Gasteiger partial charge in [-0.2, -0.15) is 0 Å². The maximum atomic E-state index is 4.90. The number of nitrogens with zero attached hydrogens (tertiary/aromatic N) is 1. The van der Waals surface area contributed by atoms with E-state index < -0.39 is 0 Å². The molecule has 1 heterocycles. The summed E-state index contributed by atoms with van der Waals surface area (Å²) in [7, 11) is 1.62. The molecule has 0 fully saturated rings. The van der Waals surface area contributed by atoms with Crippen molar-refractivity contribution in [1.29, 1.82) is 0 Å². The van der Waals surface area contributed by atoms with Crippen LogP contribution >= 0.6 is 0 Å². The van der Waals surface area contributed by atoms with Crippen LogP contribution in [0.15, 0.2) is 18.2 Å². The van der Waals surface area contributed by atoms with Crippen LogP contribution < -0.4 is 8.45 Å². The summed E-state index contributed by atoms with van der Waals surface area (Å²) in [5.41, 5.74) is 0. The molecule has 1 aromatic rings. The predicted octanol–water partition coefficient (Wildman–Crippen LogP) is -0.116.